The smallest absolute Gasteiger partial charge is 0.127 e. The molecule has 2 unspecified atom stereocenters. The van der Waals surface area contributed by atoms with Gasteiger partial charge in [0.05, 0.1) is 0 Å². The summed E-state index contributed by atoms with van der Waals surface area (Å²) in [5.74, 6) is 1.77. The zero-order valence-corrected chi connectivity index (χ0v) is 13.7. The van der Waals surface area contributed by atoms with Gasteiger partial charge in [0.1, 0.15) is 10.4 Å². The van der Waals surface area contributed by atoms with Crippen molar-refractivity contribution in [3.63, 3.8) is 0 Å². The summed E-state index contributed by atoms with van der Waals surface area (Å²) in [5, 5.41) is 3.52. The van der Waals surface area contributed by atoms with Gasteiger partial charge in [0.2, 0.25) is 0 Å². The lowest BCUT2D eigenvalue weighted by molar-refractivity contribution is 0.0881. The minimum Gasteiger partial charge on any atom is -0.368 e. The second kappa shape index (κ2) is 6.23. The Labute approximate surface area is 124 Å². The fourth-order valence-corrected chi connectivity index (χ4v) is 3.46. The van der Waals surface area contributed by atoms with E-state index in [4.69, 9.17) is 0 Å². The van der Waals surface area contributed by atoms with Gasteiger partial charge in [-0.05, 0) is 60.9 Å². The number of likely N-dealkylation sites (N-methyl/N-ethyl adjacent to an activating group) is 1. The van der Waals surface area contributed by atoms with E-state index in [1.165, 1.54) is 25.7 Å². The van der Waals surface area contributed by atoms with E-state index < -0.39 is 0 Å². The second-order valence-corrected chi connectivity index (χ2v) is 6.83. The summed E-state index contributed by atoms with van der Waals surface area (Å²) in [6.07, 6.45) is 5.23. The molecule has 19 heavy (non-hydrogen) atoms. The van der Waals surface area contributed by atoms with Crippen LogP contribution in [0.3, 0.4) is 0 Å². The molecular formula is C15H24BrN3. The predicted octanol–water partition coefficient (Wildman–Crippen LogP) is 3.77. The number of hydrogen-bond donors (Lipinski definition) is 1. The monoisotopic (exact) mass is 325 g/mol. The molecular weight excluding hydrogens is 302 g/mol. The maximum Gasteiger partial charge on any atom is 0.127 e. The molecule has 3 nitrogen and oxygen atoms in total. The van der Waals surface area contributed by atoms with Crippen LogP contribution in [0.5, 0.6) is 0 Å². The number of halogens is 1. The molecule has 106 valence electrons. The fraction of sp³-hybridized carbons (Fsp3) is 0.667. The highest BCUT2D eigenvalue weighted by molar-refractivity contribution is 9.10. The van der Waals surface area contributed by atoms with Crippen LogP contribution in [0.2, 0.25) is 0 Å². The fourth-order valence-electron chi connectivity index (χ4n) is 3.12. The minimum atomic E-state index is 0.266. The molecule has 0 spiro atoms. The van der Waals surface area contributed by atoms with E-state index in [0.29, 0.717) is 0 Å². The quantitative estimate of drug-likeness (QED) is 0.854. The Hall–Kier alpha value is -0.610. The highest BCUT2D eigenvalue weighted by Gasteiger charge is 2.36. The molecule has 0 bridgehead atoms. The lowest BCUT2D eigenvalue weighted by Crippen LogP contribution is -2.52. The van der Waals surface area contributed by atoms with Crippen molar-refractivity contribution in [3.8, 4) is 0 Å². The van der Waals surface area contributed by atoms with E-state index in [2.05, 4.69) is 52.1 Å². The molecule has 1 fully saturated rings. The minimum absolute atomic E-state index is 0.266. The van der Waals surface area contributed by atoms with Gasteiger partial charge in [-0.15, -0.1) is 0 Å². The van der Waals surface area contributed by atoms with E-state index in [1.54, 1.807) is 0 Å². The number of hydrogen-bond acceptors (Lipinski definition) is 3. The molecule has 4 heteroatoms. The number of nitrogens with one attached hydrogen (secondary N) is 1. The Morgan fingerprint density at radius 1 is 1.47 bits per heavy atom. The molecule has 1 aromatic rings. The summed E-state index contributed by atoms with van der Waals surface area (Å²) in [4.78, 5) is 6.85. The summed E-state index contributed by atoms with van der Waals surface area (Å²) >= 11 is 3.42. The molecule has 2 atom stereocenters. The van der Waals surface area contributed by atoms with E-state index >= 15 is 0 Å². The van der Waals surface area contributed by atoms with Crippen LogP contribution >= 0.6 is 15.9 Å². The van der Waals surface area contributed by atoms with Crippen molar-refractivity contribution in [2.24, 2.45) is 5.92 Å². The SMILES string of the molecule is CC1CCCC(CNc2cccc(Br)n2)(N(C)C)C1. The average Bonchev–Trinajstić information content (AvgIpc) is 2.36. The first kappa shape index (κ1) is 14.8. The van der Waals surface area contributed by atoms with Crippen LogP contribution in [0, 0.1) is 5.92 Å². The summed E-state index contributed by atoms with van der Waals surface area (Å²) in [6, 6.07) is 6.00. The highest BCUT2D eigenvalue weighted by atomic mass is 79.9. The van der Waals surface area contributed by atoms with Crippen molar-refractivity contribution < 1.29 is 0 Å². The lowest BCUT2D eigenvalue weighted by Gasteiger charge is -2.45. The third-order valence-electron chi connectivity index (χ3n) is 4.33. The Bertz CT molecular complexity index is 422. The highest BCUT2D eigenvalue weighted by Crippen LogP contribution is 2.35. The normalized spacial score (nSPS) is 27.5. The summed E-state index contributed by atoms with van der Waals surface area (Å²) in [6.45, 7) is 3.34. The van der Waals surface area contributed by atoms with Crippen LogP contribution in [0.15, 0.2) is 22.8 Å². The Morgan fingerprint density at radius 2 is 2.26 bits per heavy atom. The molecule has 0 saturated heterocycles. The summed E-state index contributed by atoms with van der Waals surface area (Å²) in [5.41, 5.74) is 0.266. The molecule has 2 rings (SSSR count). The van der Waals surface area contributed by atoms with Gasteiger partial charge >= 0.3 is 0 Å². The van der Waals surface area contributed by atoms with Gasteiger partial charge in [0.15, 0.2) is 0 Å². The number of pyridine rings is 1. The lowest BCUT2D eigenvalue weighted by atomic mass is 9.75. The maximum atomic E-state index is 4.45. The molecule has 0 radical (unpaired) electrons. The third-order valence-corrected chi connectivity index (χ3v) is 4.77. The molecule has 1 aromatic heterocycles. The van der Waals surface area contributed by atoms with Crippen molar-refractivity contribution in [2.45, 2.75) is 38.1 Å². The molecule has 1 saturated carbocycles. The first-order valence-corrected chi connectivity index (χ1v) is 7.85. The standard InChI is InChI=1S/C15H24BrN3/c1-12-6-5-9-15(10-12,19(2)3)11-17-14-8-4-7-13(16)18-14/h4,7-8,12H,5-6,9-11H2,1-3H3,(H,17,18). The van der Waals surface area contributed by atoms with Gasteiger partial charge in [-0.25, -0.2) is 4.98 Å². The van der Waals surface area contributed by atoms with Gasteiger partial charge < -0.3 is 10.2 Å². The van der Waals surface area contributed by atoms with Gasteiger partial charge in [-0.2, -0.15) is 0 Å². The van der Waals surface area contributed by atoms with E-state index in [0.717, 1.165) is 22.9 Å². The molecule has 0 amide bonds. The van der Waals surface area contributed by atoms with E-state index in [1.807, 2.05) is 18.2 Å². The molecule has 0 aromatic carbocycles. The number of rotatable bonds is 4. The first-order chi connectivity index (χ1) is 9.02. The first-order valence-electron chi connectivity index (χ1n) is 7.06. The number of anilines is 1. The molecule has 1 N–H and O–H groups in total. The van der Waals surface area contributed by atoms with Crippen molar-refractivity contribution in [3.05, 3.63) is 22.8 Å². The maximum absolute atomic E-state index is 4.45. The van der Waals surface area contributed by atoms with Gasteiger partial charge in [0, 0.05) is 12.1 Å². The van der Waals surface area contributed by atoms with Crippen LogP contribution in [0.4, 0.5) is 5.82 Å². The summed E-state index contributed by atoms with van der Waals surface area (Å²) in [7, 11) is 4.40. The second-order valence-electron chi connectivity index (χ2n) is 6.02. The van der Waals surface area contributed by atoms with Gasteiger partial charge in [0.25, 0.3) is 0 Å². The van der Waals surface area contributed by atoms with E-state index in [9.17, 15) is 0 Å². The summed E-state index contributed by atoms with van der Waals surface area (Å²) < 4.78 is 0.883. The van der Waals surface area contributed by atoms with Crippen LogP contribution < -0.4 is 5.32 Å². The number of aromatic nitrogens is 1. The van der Waals surface area contributed by atoms with Gasteiger partial charge in [-0.3, -0.25) is 0 Å². The molecule has 0 aliphatic heterocycles. The Kier molecular flexibility index (Phi) is 4.85. The Balaban J connectivity index is 2.05. The predicted molar refractivity (Wildman–Crippen MR) is 84.5 cm³/mol. The van der Waals surface area contributed by atoms with Crippen LogP contribution in [0.1, 0.15) is 32.6 Å². The Morgan fingerprint density at radius 3 is 2.89 bits per heavy atom. The number of nitrogens with zero attached hydrogens (tertiary/aromatic N) is 2. The van der Waals surface area contributed by atoms with Crippen molar-refractivity contribution in [2.75, 3.05) is 26.0 Å². The van der Waals surface area contributed by atoms with Crippen LogP contribution in [0.25, 0.3) is 0 Å². The molecule has 1 aliphatic carbocycles. The van der Waals surface area contributed by atoms with E-state index in [-0.39, 0.29) is 5.54 Å². The third kappa shape index (κ3) is 3.69. The van der Waals surface area contributed by atoms with Crippen molar-refractivity contribution >= 4 is 21.7 Å². The van der Waals surface area contributed by atoms with Crippen LogP contribution in [-0.4, -0.2) is 36.1 Å². The van der Waals surface area contributed by atoms with Crippen molar-refractivity contribution in [1.29, 1.82) is 0 Å². The van der Waals surface area contributed by atoms with Crippen LogP contribution in [-0.2, 0) is 0 Å². The zero-order chi connectivity index (χ0) is 13.9. The van der Waals surface area contributed by atoms with Crippen molar-refractivity contribution in [1.82, 2.24) is 9.88 Å². The largest absolute Gasteiger partial charge is 0.368 e. The average molecular weight is 326 g/mol. The molecule has 1 aliphatic rings. The van der Waals surface area contributed by atoms with Gasteiger partial charge in [-0.1, -0.05) is 25.8 Å². The topological polar surface area (TPSA) is 28.2 Å². The molecule has 1 heterocycles. The zero-order valence-electron chi connectivity index (χ0n) is 12.1.